The molecule has 2 aromatic carbocycles. The zero-order valence-corrected chi connectivity index (χ0v) is 16.2. The van der Waals surface area contributed by atoms with E-state index in [2.05, 4.69) is 4.72 Å². The average molecular weight is 412 g/mol. The van der Waals surface area contributed by atoms with E-state index < -0.39 is 28.6 Å². The SMILES string of the molecule is CC(C)OC(=O)COC(=O)c1cccc(S(=O)(=O)Nc2ccc(Cl)cc2)c1. The molecule has 1 N–H and O–H groups in total. The van der Waals surface area contributed by atoms with Gasteiger partial charge in [0, 0.05) is 10.7 Å². The molecule has 9 heteroatoms. The molecule has 0 aromatic heterocycles. The molecular formula is C18H18ClNO6S. The number of esters is 2. The summed E-state index contributed by atoms with van der Waals surface area (Å²) in [7, 11) is -3.92. The number of halogens is 1. The van der Waals surface area contributed by atoms with Gasteiger partial charge in [0.05, 0.1) is 16.6 Å². The van der Waals surface area contributed by atoms with Crippen molar-refractivity contribution in [1.29, 1.82) is 0 Å². The van der Waals surface area contributed by atoms with Gasteiger partial charge in [-0.2, -0.15) is 0 Å². The Hall–Kier alpha value is -2.58. The number of hydrogen-bond acceptors (Lipinski definition) is 6. The van der Waals surface area contributed by atoms with Crippen LogP contribution < -0.4 is 4.72 Å². The van der Waals surface area contributed by atoms with Crippen molar-refractivity contribution in [1.82, 2.24) is 0 Å². The molecule has 0 heterocycles. The third-order valence-electron chi connectivity index (χ3n) is 3.16. The second kappa shape index (κ2) is 8.88. The maximum Gasteiger partial charge on any atom is 0.344 e. The second-order valence-electron chi connectivity index (χ2n) is 5.75. The van der Waals surface area contributed by atoms with Crippen LogP contribution in [0.25, 0.3) is 0 Å². The Bertz CT molecular complexity index is 925. The molecule has 0 aliphatic heterocycles. The lowest BCUT2D eigenvalue weighted by Gasteiger charge is -2.10. The van der Waals surface area contributed by atoms with E-state index in [1.807, 2.05) is 0 Å². The van der Waals surface area contributed by atoms with Gasteiger partial charge in [-0.1, -0.05) is 17.7 Å². The molecule has 0 fully saturated rings. The number of nitrogens with one attached hydrogen (secondary N) is 1. The molecule has 0 radical (unpaired) electrons. The van der Waals surface area contributed by atoms with Crippen LogP contribution in [0.1, 0.15) is 24.2 Å². The van der Waals surface area contributed by atoms with E-state index in [4.69, 9.17) is 21.1 Å². The normalized spacial score (nSPS) is 11.1. The smallest absolute Gasteiger partial charge is 0.344 e. The highest BCUT2D eigenvalue weighted by Crippen LogP contribution is 2.19. The lowest BCUT2D eigenvalue weighted by molar-refractivity contribution is -0.150. The van der Waals surface area contributed by atoms with Gasteiger partial charge in [0.25, 0.3) is 10.0 Å². The zero-order valence-electron chi connectivity index (χ0n) is 14.6. The summed E-state index contributed by atoms with van der Waals surface area (Å²) in [5, 5.41) is 0.471. The molecule has 0 aliphatic rings. The van der Waals surface area contributed by atoms with Gasteiger partial charge in [0.2, 0.25) is 0 Å². The number of hydrogen-bond donors (Lipinski definition) is 1. The fourth-order valence-corrected chi connectivity index (χ4v) is 3.26. The van der Waals surface area contributed by atoms with Crippen molar-refractivity contribution in [3.05, 3.63) is 59.1 Å². The average Bonchev–Trinajstić information content (AvgIpc) is 2.61. The first kappa shape index (κ1) is 20.7. The Morgan fingerprint density at radius 1 is 1.11 bits per heavy atom. The fraction of sp³-hybridized carbons (Fsp3) is 0.222. The fourth-order valence-electron chi connectivity index (χ4n) is 2.03. The predicted molar refractivity (Wildman–Crippen MR) is 100 cm³/mol. The van der Waals surface area contributed by atoms with Crippen LogP contribution in [0.4, 0.5) is 5.69 Å². The van der Waals surface area contributed by atoms with Crippen LogP contribution in [0.2, 0.25) is 5.02 Å². The zero-order chi connectivity index (χ0) is 20.0. The lowest BCUT2D eigenvalue weighted by atomic mass is 10.2. The van der Waals surface area contributed by atoms with Crippen molar-refractivity contribution < 1.29 is 27.5 Å². The van der Waals surface area contributed by atoms with Crippen LogP contribution in [-0.2, 0) is 24.3 Å². The van der Waals surface area contributed by atoms with E-state index in [1.165, 1.54) is 30.3 Å². The summed E-state index contributed by atoms with van der Waals surface area (Å²) in [6.45, 7) is 2.78. The Labute approximate surface area is 162 Å². The summed E-state index contributed by atoms with van der Waals surface area (Å²) >= 11 is 5.77. The van der Waals surface area contributed by atoms with Gasteiger partial charge in [-0.05, 0) is 56.3 Å². The van der Waals surface area contributed by atoms with Gasteiger partial charge >= 0.3 is 11.9 Å². The van der Waals surface area contributed by atoms with E-state index >= 15 is 0 Å². The van der Waals surface area contributed by atoms with Crippen molar-refractivity contribution in [2.45, 2.75) is 24.8 Å². The van der Waals surface area contributed by atoms with Crippen LogP contribution in [-0.4, -0.2) is 33.1 Å². The number of sulfonamides is 1. The molecule has 0 saturated carbocycles. The molecule has 144 valence electrons. The third kappa shape index (κ3) is 6.26. The summed E-state index contributed by atoms with van der Waals surface area (Å²) in [4.78, 5) is 23.3. The Balaban J connectivity index is 2.10. The molecule has 2 aromatic rings. The van der Waals surface area contributed by atoms with Gasteiger partial charge in [-0.3, -0.25) is 4.72 Å². The van der Waals surface area contributed by atoms with Crippen molar-refractivity contribution >= 4 is 39.3 Å². The van der Waals surface area contributed by atoms with Crippen LogP contribution in [0.3, 0.4) is 0 Å². The highest BCUT2D eigenvalue weighted by molar-refractivity contribution is 7.92. The predicted octanol–water partition coefficient (Wildman–Crippen LogP) is 3.25. The molecule has 0 spiro atoms. The molecule has 2 rings (SSSR count). The first-order valence-electron chi connectivity index (χ1n) is 7.92. The number of anilines is 1. The summed E-state index contributed by atoms with van der Waals surface area (Å²) in [6.07, 6.45) is -0.330. The van der Waals surface area contributed by atoms with Crippen molar-refractivity contribution in [2.24, 2.45) is 0 Å². The molecular weight excluding hydrogens is 394 g/mol. The summed E-state index contributed by atoms with van der Waals surface area (Å²) in [5.41, 5.74) is 0.315. The maximum atomic E-state index is 12.5. The molecule has 0 aliphatic carbocycles. The molecule has 0 saturated heterocycles. The van der Waals surface area contributed by atoms with E-state index in [-0.39, 0.29) is 16.6 Å². The first-order chi connectivity index (χ1) is 12.7. The van der Waals surface area contributed by atoms with Gasteiger partial charge < -0.3 is 9.47 Å². The lowest BCUT2D eigenvalue weighted by Crippen LogP contribution is -2.20. The third-order valence-corrected chi connectivity index (χ3v) is 4.80. The van der Waals surface area contributed by atoms with Crippen molar-refractivity contribution in [2.75, 3.05) is 11.3 Å². The summed E-state index contributed by atoms with van der Waals surface area (Å²) < 4.78 is 37.0. The van der Waals surface area contributed by atoms with E-state index in [0.717, 1.165) is 6.07 Å². The molecule has 27 heavy (non-hydrogen) atoms. The summed E-state index contributed by atoms with van der Waals surface area (Å²) in [6, 6.07) is 11.4. The van der Waals surface area contributed by atoms with Gasteiger partial charge in [-0.25, -0.2) is 18.0 Å². The second-order valence-corrected chi connectivity index (χ2v) is 7.87. The number of carbonyl (C=O) groups is 2. The Morgan fingerprint density at radius 3 is 2.41 bits per heavy atom. The van der Waals surface area contributed by atoms with E-state index in [0.29, 0.717) is 10.7 Å². The molecule has 0 atom stereocenters. The van der Waals surface area contributed by atoms with E-state index in [9.17, 15) is 18.0 Å². The molecule has 0 bridgehead atoms. The van der Waals surface area contributed by atoms with Gasteiger partial charge in [-0.15, -0.1) is 0 Å². The van der Waals surface area contributed by atoms with Gasteiger partial charge in [0.1, 0.15) is 0 Å². The topological polar surface area (TPSA) is 98.8 Å². The number of ether oxygens (including phenoxy) is 2. The van der Waals surface area contributed by atoms with E-state index in [1.54, 1.807) is 26.0 Å². The van der Waals surface area contributed by atoms with Crippen LogP contribution >= 0.6 is 11.6 Å². The maximum absolute atomic E-state index is 12.5. The largest absolute Gasteiger partial charge is 0.460 e. The highest BCUT2D eigenvalue weighted by atomic mass is 35.5. The van der Waals surface area contributed by atoms with Crippen molar-refractivity contribution in [3.8, 4) is 0 Å². The Morgan fingerprint density at radius 2 is 1.78 bits per heavy atom. The molecule has 0 unspecified atom stereocenters. The minimum absolute atomic E-state index is 0.00803. The molecule has 0 amide bonds. The Kier molecular flexibility index (Phi) is 6.81. The van der Waals surface area contributed by atoms with Crippen LogP contribution in [0.5, 0.6) is 0 Å². The standard InChI is InChI=1S/C18H18ClNO6S/c1-12(2)26-17(21)11-25-18(22)13-4-3-5-16(10-13)27(23,24)20-15-8-6-14(19)7-9-15/h3-10,12,20H,11H2,1-2H3. The minimum atomic E-state index is -3.92. The first-order valence-corrected chi connectivity index (χ1v) is 9.78. The van der Waals surface area contributed by atoms with Crippen molar-refractivity contribution in [3.63, 3.8) is 0 Å². The number of carbonyl (C=O) groups excluding carboxylic acids is 2. The number of rotatable bonds is 7. The van der Waals surface area contributed by atoms with Crippen LogP contribution in [0.15, 0.2) is 53.4 Å². The molecule has 7 nitrogen and oxygen atoms in total. The van der Waals surface area contributed by atoms with Crippen LogP contribution in [0, 0.1) is 0 Å². The quantitative estimate of drug-likeness (QED) is 0.702. The number of benzene rings is 2. The minimum Gasteiger partial charge on any atom is -0.460 e. The summed E-state index contributed by atoms with van der Waals surface area (Å²) in [5.74, 6) is -1.52. The monoisotopic (exact) mass is 411 g/mol. The van der Waals surface area contributed by atoms with Gasteiger partial charge in [0.15, 0.2) is 6.61 Å². The highest BCUT2D eigenvalue weighted by Gasteiger charge is 2.18.